The molecule has 114 valence electrons. The molecule has 1 aliphatic heterocycles. The van der Waals surface area contributed by atoms with E-state index in [2.05, 4.69) is 11.9 Å². The molecule has 3 nitrogen and oxygen atoms in total. The maximum atomic E-state index is 13.2. The Hall–Kier alpha value is -1.75. The van der Waals surface area contributed by atoms with Crippen molar-refractivity contribution in [1.29, 1.82) is 0 Å². The van der Waals surface area contributed by atoms with Crippen molar-refractivity contribution in [3.63, 3.8) is 0 Å². The number of hydrogen-bond acceptors (Lipinski definition) is 2. The Morgan fingerprint density at radius 1 is 1.33 bits per heavy atom. The van der Waals surface area contributed by atoms with Crippen LogP contribution < -0.4 is 5.32 Å². The highest BCUT2D eigenvalue weighted by Gasteiger charge is 2.30. The number of carbonyl (C=O) groups is 1. The third-order valence-electron chi connectivity index (χ3n) is 3.67. The predicted octanol–water partition coefficient (Wildman–Crippen LogP) is 2.62. The summed E-state index contributed by atoms with van der Waals surface area (Å²) in [4.78, 5) is 13.7. The van der Waals surface area contributed by atoms with Gasteiger partial charge in [0, 0.05) is 31.6 Å². The molecular formula is C16H20F2N2O. The molecule has 1 heterocycles. The van der Waals surface area contributed by atoms with Gasteiger partial charge in [-0.15, -0.1) is 6.58 Å². The Morgan fingerprint density at radius 2 is 2.05 bits per heavy atom. The van der Waals surface area contributed by atoms with Crippen LogP contribution in [0.4, 0.5) is 8.78 Å². The predicted molar refractivity (Wildman–Crippen MR) is 77.6 cm³/mol. The van der Waals surface area contributed by atoms with Crippen LogP contribution in [-0.2, 0) is 11.3 Å². The molecule has 21 heavy (non-hydrogen) atoms. The van der Waals surface area contributed by atoms with Gasteiger partial charge in [0.15, 0.2) is 0 Å². The van der Waals surface area contributed by atoms with Crippen molar-refractivity contribution in [3.8, 4) is 0 Å². The molecule has 1 aromatic carbocycles. The van der Waals surface area contributed by atoms with E-state index in [4.69, 9.17) is 0 Å². The molecule has 1 unspecified atom stereocenters. The van der Waals surface area contributed by atoms with E-state index in [1.165, 1.54) is 12.1 Å². The van der Waals surface area contributed by atoms with Gasteiger partial charge >= 0.3 is 0 Å². The van der Waals surface area contributed by atoms with Gasteiger partial charge in [0.1, 0.15) is 11.6 Å². The second-order valence-corrected chi connectivity index (χ2v) is 5.27. The third-order valence-corrected chi connectivity index (χ3v) is 3.67. The quantitative estimate of drug-likeness (QED) is 0.619. The molecule has 0 aliphatic carbocycles. The minimum absolute atomic E-state index is 0.0494. The first-order valence-corrected chi connectivity index (χ1v) is 7.16. The maximum Gasteiger partial charge on any atom is 0.223 e. The van der Waals surface area contributed by atoms with Crippen molar-refractivity contribution >= 4 is 5.91 Å². The van der Waals surface area contributed by atoms with Crippen molar-refractivity contribution in [1.82, 2.24) is 10.2 Å². The standard InChI is InChI=1S/C16H20F2N2O/c1-2-6-19-7-5-15-3-4-16(21)20(15)11-12-8-13(17)10-14(18)9-12/h2,8-10,15,19H,1,3-7,11H2. The lowest BCUT2D eigenvalue weighted by Gasteiger charge is -2.25. The Labute approximate surface area is 123 Å². The number of halogens is 2. The van der Waals surface area contributed by atoms with Gasteiger partial charge < -0.3 is 10.2 Å². The van der Waals surface area contributed by atoms with Gasteiger partial charge in [-0.05, 0) is 37.1 Å². The molecule has 1 saturated heterocycles. The molecule has 2 rings (SSSR count). The summed E-state index contributed by atoms with van der Waals surface area (Å²) in [5.41, 5.74) is 0.492. The van der Waals surface area contributed by atoms with Crippen LogP contribution in [0.25, 0.3) is 0 Å². The number of likely N-dealkylation sites (tertiary alicyclic amines) is 1. The van der Waals surface area contributed by atoms with Crippen LogP contribution in [0, 0.1) is 11.6 Å². The van der Waals surface area contributed by atoms with Crippen molar-refractivity contribution in [2.45, 2.75) is 31.8 Å². The molecule has 1 atom stereocenters. The van der Waals surface area contributed by atoms with Crippen LogP contribution in [-0.4, -0.2) is 29.9 Å². The molecule has 5 heteroatoms. The number of hydrogen-bond donors (Lipinski definition) is 1. The highest BCUT2D eigenvalue weighted by Crippen LogP contribution is 2.24. The SMILES string of the molecule is C=CCNCCC1CCC(=O)N1Cc1cc(F)cc(F)c1. The monoisotopic (exact) mass is 294 g/mol. The summed E-state index contributed by atoms with van der Waals surface area (Å²) in [5.74, 6) is -1.17. The van der Waals surface area contributed by atoms with Crippen LogP contribution in [0.3, 0.4) is 0 Å². The van der Waals surface area contributed by atoms with E-state index in [-0.39, 0.29) is 18.5 Å². The minimum Gasteiger partial charge on any atom is -0.335 e. The second-order valence-electron chi connectivity index (χ2n) is 5.27. The summed E-state index contributed by atoms with van der Waals surface area (Å²) in [5, 5.41) is 3.20. The molecule has 0 bridgehead atoms. The summed E-state index contributed by atoms with van der Waals surface area (Å²) in [6.45, 7) is 5.42. The molecule has 0 aromatic heterocycles. The molecule has 1 aromatic rings. The van der Waals surface area contributed by atoms with Crippen molar-refractivity contribution in [3.05, 3.63) is 48.1 Å². The zero-order valence-corrected chi connectivity index (χ0v) is 11.9. The van der Waals surface area contributed by atoms with Crippen LogP contribution in [0.15, 0.2) is 30.9 Å². The zero-order chi connectivity index (χ0) is 15.2. The van der Waals surface area contributed by atoms with Crippen molar-refractivity contribution in [2.75, 3.05) is 13.1 Å². The molecule has 0 saturated carbocycles. The lowest BCUT2D eigenvalue weighted by Crippen LogP contribution is -2.34. The van der Waals surface area contributed by atoms with E-state index < -0.39 is 11.6 Å². The van der Waals surface area contributed by atoms with Gasteiger partial charge in [-0.3, -0.25) is 4.79 Å². The number of carbonyl (C=O) groups excluding carboxylic acids is 1. The van der Waals surface area contributed by atoms with Gasteiger partial charge in [0.2, 0.25) is 5.91 Å². The Balaban J connectivity index is 1.97. The smallest absolute Gasteiger partial charge is 0.223 e. The van der Waals surface area contributed by atoms with E-state index in [0.29, 0.717) is 12.0 Å². The van der Waals surface area contributed by atoms with Gasteiger partial charge in [-0.25, -0.2) is 8.78 Å². The summed E-state index contributed by atoms with van der Waals surface area (Å²) in [7, 11) is 0. The summed E-state index contributed by atoms with van der Waals surface area (Å²) >= 11 is 0. The van der Waals surface area contributed by atoms with Gasteiger partial charge in [0.25, 0.3) is 0 Å². The van der Waals surface area contributed by atoms with E-state index in [1.54, 1.807) is 11.0 Å². The zero-order valence-electron chi connectivity index (χ0n) is 11.9. The number of nitrogens with one attached hydrogen (secondary N) is 1. The summed E-state index contributed by atoms with van der Waals surface area (Å²) < 4.78 is 26.4. The highest BCUT2D eigenvalue weighted by molar-refractivity contribution is 5.78. The summed E-state index contributed by atoms with van der Waals surface area (Å²) in [6, 6.07) is 3.52. The number of amides is 1. The molecule has 0 radical (unpaired) electrons. The Morgan fingerprint density at radius 3 is 2.71 bits per heavy atom. The van der Waals surface area contributed by atoms with Crippen LogP contribution in [0.1, 0.15) is 24.8 Å². The molecule has 1 fully saturated rings. The molecule has 1 amide bonds. The van der Waals surface area contributed by atoms with Crippen LogP contribution >= 0.6 is 0 Å². The average Bonchev–Trinajstić information content (AvgIpc) is 2.75. The third kappa shape index (κ3) is 4.36. The van der Waals surface area contributed by atoms with Gasteiger partial charge in [-0.1, -0.05) is 6.08 Å². The maximum absolute atomic E-state index is 13.2. The fourth-order valence-corrected chi connectivity index (χ4v) is 2.68. The fraction of sp³-hybridized carbons (Fsp3) is 0.438. The van der Waals surface area contributed by atoms with Crippen LogP contribution in [0.5, 0.6) is 0 Å². The summed E-state index contributed by atoms with van der Waals surface area (Å²) in [6.07, 6.45) is 3.92. The largest absolute Gasteiger partial charge is 0.335 e. The van der Waals surface area contributed by atoms with Crippen molar-refractivity contribution in [2.24, 2.45) is 0 Å². The van der Waals surface area contributed by atoms with E-state index >= 15 is 0 Å². The van der Waals surface area contributed by atoms with E-state index in [0.717, 1.165) is 32.0 Å². The lowest BCUT2D eigenvalue weighted by molar-refractivity contribution is -0.129. The Kier molecular flexibility index (Phi) is 5.44. The first-order chi connectivity index (χ1) is 10.1. The molecule has 0 spiro atoms. The average molecular weight is 294 g/mol. The second kappa shape index (κ2) is 7.31. The molecule has 1 N–H and O–H groups in total. The molecular weight excluding hydrogens is 274 g/mol. The minimum atomic E-state index is -0.610. The normalized spacial score (nSPS) is 18.3. The fourth-order valence-electron chi connectivity index (χ4n) is 2.68. The highest BCUT2D eigenvalue weighted by atomic mass is 19.1. The first-order valence-electron chi connectivity index (χ1n) is 7.16. The first kappa shape index (κ1) is 15.6. The van der Waals surface area contributed by atoms with Gasteiger partial charge in [-0.2, -0.15) is 0 Å². The van der Waals surface area contributed by atoms with Gasteiger partial charge in [0.05, 0.1) is 0 Å². The number of nitrogens with zero attached hydrogens (tertiary/aromatic N) is 1. The lowest BCUT2D eigenvalue weighted by atomic mass is 10.1. The molecule has 1 aliphatic rings. The van der Waals surface area contributed by atoms with Crippen LogP contribution in [0.2, 0.25) is 0 Å². The number of benzene rings is 1. The van der Waals surface area contributed by atoms with E-state index in [1.807, 2.05) is 0 Å². The topological polar surface area (TPSA) is 32.3 Å². The van der Waals surface area contributed by atoms with Crippen molar-refractivity contribution < 1.29 is 13.6 Å². The Bertz CT molecular complexity index is 499. The van der Waals surface area contributed by atoms with E-state index in [9.17, 15) is 13.6 Å². The number of rotatable bonds is 7.